The zero-order chi connectivity index (χ0) is 21.5. The molecule has 7 nitrogen and oxygen atoms in total. The molecule has 1 heterocycles. The standard InChI is InChI=1S/C22H26FN3O4/c1-30-20-5-3-2-4-19(20)26-12-10-25(11-13-26)15-16(22(28)29)14-21(27)24-18-8-6-17(23)7-9-18/h2-9,16H,10-15H2,1H3,(H,24,27)(H,28,29)/t16-/m1/s1. The maximum Gasteiger partial charge on any atom is 0.308 e. The number of amides is 1. The lowest BCUT2D eigenvalue weighted by molar-refractivity contribution is -0.144. The topological polar surface area (TPSA) is 82.1 Å². The molecule has 1 fully saturated rings. The highest BCUT2D eigenvalue weighted by Crippen LogP contribution is 2.28. The molecule has 1 aliphatic heterocycles. The molecule has 0 bridgehead atoms. The van der Waals surface area contributed by atoms with Crippen molar-refractivity contribution in [2.24, 2.45) is 5.92 Å². The Hall–Kier alpha value is -3.13. The van der Waals surface area contributed by atoms with Crippen molar-refractivity contribution in [3.8, 4) is 5.75 Å². The highest BCUT2D eigenvalue weighted by Gasteiger charge is 2.27. The SMILES string of the molecule is COc1ccccc1N1CCN(C[C@@H](CC(=O)Nc2ccc(F)cc2)C(=O)O)CC1. The average Bonchev–Trinajstić information content (AvgIpc) is 2.75. The second-order valence-corrected chi connectivity index (χ2v) is 7.25. The van der Waals surface area contributed by atoms with Gasteiger partial charge in [0.1, 0.15) is 11.6 Å². The number of carboxylic acid groups (broad SMARTS) is 1. The van der Waals surface area contributed by atoms with E-state index in [0.717, 1.165) is 24.5 Å². The molecular formula is C22H26FN3O4. The second-order valence-electron chi connectivity index (χ2n) is 7.25. The van der Waals surface area contributed by atoms with E-state index in [4.69, 9.17) is 4.74 Å². The summed E-state index contributed by atoms with van der Waals surface area (Å²) in [7, 11) is 1.64. The van der Waals surface area contributed by atoms with E-state index in [2.05, 4.69) is 15.1 Å². The summed E-state index contributed by atoms with van der Waals surface area (Å²) < 4.78 is 18.4. The molecule has 0 spiro atoms. The van der Waals surface area contributed by atoms with Gasteiger partial charge in [0.25, 0.3) is 0 Å². The van der Waals surface area contributed by atoms with Crippen LogP contribution in [0.1, 0.15) is 6.42 Å². The smallest absolute Gasteiger partial charge is 0.308 e. The monoisotopic (exact) mass is 415 g/mol. The van der Waals surface area contributed by atoms with Gasteiger partial charge in [-0.1, -0.05) is 12.1 Å². The normalized spacial score (nSPS) is 15.5. The van der Waals surface area contributed by atoms with Crippen LogP contribution >= 0.6 is 0 Å². The molecule has 0 radical (unpaired) electrons. The van der Waals surface area contributed by atoms with Crippen molar-refractivity contribution in [1.82, 2.24) is 4.90 Å². The van der Waals surface area contributed by atoms with E-state index in [-0.39, 0.29) is 6.42 Å². The molecule has 1 atom stereocenters. The first-order valence-corrected chi connectivity index (χ1v) is 9.85. The third-order valence-electron chi connectivity index (χ3n) is 5.19. The van der Waals surface area contributed by atoms with Gasteiger partial charge < -0.3 is 20.1 Å². The Morgan fingerprint density at radius 2 is 1.77 bits per heavy atom. The third kappa shape index (κ3) is 5.70. The van der Waals surface area contributed by atoms with E-state index in [0.29, 0.717) is 25.3 Å². The van der Waals surface area contributed by atoms with E-state index >= 15 is 0 Å². The summed E-state index contributed by atoms with van der Waals surface area (Å²) in [5, 5.41) is 12.2. The van der Waals surface area contributed by atoms with Gasteiger partial charge >= 0.3 is 5.97 Å². The minimum absolute atomic E-state index is 0.139. The van der Waals surface area contributed by atoms with Crippen LogP contribution in [0.2, 0.25) is 0 Å². The number of hydrogen-bond acceptors (Lipinski definition) is 5. The van der Waals surface area contributed by atoms with Crippen molar-refractivity contribution < 1.29 is 23.8 Å². The summed E-state index contributed by atoms with van der Waals surface area (Å²) >= 11 is 0. The van der Waals surface area contributed by atoms with Gasteiger partial charge in [0.2, 0.25) is 5.91 Å². The number of nitrogens with one attached hydrogen (secondary N) is 1. The fourth-order valence-corrected chi connectivity index (χ4v) is 3.57. The van der Waals surface area contributed by atoms with Crippen molar-refractivity contribution >= 4 is 23.3 Å². The zero-order valence-electron chi connectivity index (χ0n) is 16.9. The maximum atomic E-state index is 13.0. The summed E-state index contributed by atoms with van der Waals surface area (Å²) in [6.45, 7) is 3.18. The Morgan fingerprint density at radius 1 is 1.10 bits per heavy atom. The van der Waals surface area contributed by atoms with Crippen molar-refractivity contribution in [1.29, 1.82) is 0 Å². The number of piperazine rings is 1. The summed E-state index contributed by atoms with van der Waals surface area (Å²) in [6.07, 6.45) is -0.139. The van der Waals surface area contributed by atoms with Crippen molar-refractivity contribution in [2.75, 3.05) is 50.1 Å². The maximum absolute atomic E-state index is 13.0. The molecule has 0 aromatic heterocycles. The minimum atomic E-state index is -1.00. The van der Waals surface area contributed by atoms with Gasteiger partial charge in [0.15, 0.2) is 0 Å². The number of methoxy groups -OCH3 is 1. The van der Waals surface area contributed by atoms with Crippen LogP contribution in [0.15, 0.2) is 48.5 Å². The number of para-hydroxylation sites is 2. The van der Waals surface area contributed by atoms with Crippen LogP contribution in [-0.2, 0) is 9.59 Å². The molecule has 30 heavy (non-hydrogen) atoms. The minimum Gasteiger partial charge on any atom is -0.495 e. The summed E-state index contributed by atoms with van der Waals surface area (Å²) in [6, 6.07) is 13.2. The van der Waals surface area contributed by atoms with Gasteiger partial charge in [0.05, 0.1) is 18.7 Å². The molecular weight excluding hydrogens is 389 g/mol. The molecule has 2 N–H and O–H groups in total. The Bertz CT molecular complexity index is 867. The van der Waals surface area contributed by atoms with E-state index in [9.17, 15) is 19.1 Å². The van der Waals surface area contributed by atoms with Crippen LogP contribution < -0.4 is 15.0 Å². The summed E-state index contributed by atoms with van der Waals surface area (Å²) in [4.78, 5) is 28.2. The number of ether oxygens (including phenoxy) is 1. The Labute approximate surface area is 175 Å². The number of benzene rings is 2. The van der Waals surface area contributed by atoms with Crippen molar-refractivity contribution in [2.45, 2.75) is 6.42 Å². The Morgan fingerprint density at radius 3 is 2.40 bits per heavy atom. The van der Waals surface area contributed by atoms with Gasteiger partial charge in [-0.15, -0.1) is 0 Å². The van der Waals surface area contributed by atoms with Gasteiger partial charge in [-0.25, -0.2) is 4.39 Å². The van der Waals surface area contributed by atoms with Crippen LogP contribution in [0.3, 0.4) is 0 Å². The van der Waals surface area contributed by atoms with Gasteiger partial charge in [0, 0.05) is 44.8 Å². The molecule has 8 heteroatoms. The first-order chi connectivity index (χ1) is 14.5. The summed E-state index contributed by atoms with van der Waals surface area (Å²) in [5.41, 5.74) is 1.46. The van der Waals surface area contributed by atoms with Crippen LogP contribution in [0.4, 0.5) is 15.8 Å². The predicted octanol–water partition coefficient (Wildman–Crippen LogP) is 2.69. The fourth-order valence-electron chi connectivity index (χ4n) is 3.57. The van der Waals surface area contributed by atoms with Crippen molar-refractivity contribution in [3.63, 3.8) is 0 Å². The molecule has 0 aliphatic carbocycles. The van der Waals surface area contributed by atoms with E-state index in [1.165, 1.54) is 24.3 Å². The number of carbonyl (C=O) groups is 2. The molecule has 0 saturated carbocycles. The first-order valence-electron chi connectivity index (χ1n) is 9.85. The number of aliphatic carboxylic acids is 1. The van der Waals surface area contributed by atoms with Crippen LogP contribution in [0, 0.1) is 11.7 Å². The van der Waals surface area contributed by atoms with Crippen molar-refractivity contribution in [3.05, 3.63) is 54.3 Å². The number of carbonyl (C=O) groups excluding carboxylic acids is 1. The Kier molecular flexibility index (Phi) is 7.24. The number of halogens is 1. The quantitative estimate of drug-likeness (QED) is 0.690. The largest absolute Gasteiger partial charge is 0.495 e. The van der Waals surface area contributed by atoms with E-state index < -0.39 is 23.6 Å². The molecule has 0 unspecified atom stereocenters. The van der Waals surface area contributed by atoms with Crippen LogP contribution in [-0.4, -0.2) is 61.7 Å². The highest BCUT2D eigenvalue weighted by atomic mass is 19.1. The lowest BCUT2D eigenvalue weighted by Gasteiger charge is -2.37. The highest BCUT2D eigenvalue weighted by molar-refractivity contribution is 5.93. The number of nitrogens with zero attached hydrogens (tertiary/aromatic N) is 2. The Balaban J connectivity index is 1.53. The van der Waals surface area contributed by atoms with E-state index in [1.807, 2.05) is 24.3 Å². The lowest BCUT2D eigenvalue weighted by Crippen LogP contribution is -2.49. The predicted molar refractivity (Wildman–Crippen MR) is 112 cm³/mol. The lowest BCUT2D eigenvalue weighted by atomic mass is 10.0. The number of hydrogen-bond donors (Lipinski definition) is 2. The third-order valence-corrected chi connectivity index (χ3v) is 5.19. The molecule has 2 aromatic carbocycles. The van der Waals surface area contributed by atoms with E-state index in [1.54, 1.807) is 7.11 Å². The van der Waals surface area contributed by atoms with Crippen LogP contribution in [0.5, 0.6) is 5.75 Å². The molecule has 2 aromatic rings. The zero-order valence-corrected chi connectivity index (χ0v) is 16.9. The molecule has 1 saturated heterocycles. The first kappa shape index (κ1) is 21.6. The number of anilines is 2. The second kappa shape index (κ2) is 10.1. The fraction of sp³-hybridized carbons (Fsp3) is 0.364. The molecule has 3 rings (SSSR count). The molecule has 1 aliphatic rings. The van der Waals surface area contributed by atoms with Crippen LogP contribution in [0.25, 0.3) is 0 Å². The number of carboxylic acids is 1. The average molecular weight is 415 g/mol. The van der Waals surface area contributed by atoms with Gasteiger partial charge in [-0.2, -0.15) is 0 Å². The molecule has 1 amide bonds. The summed E-state index contributed by atoms with van der Waals surface area (Å²) in [5.74, 6) is -1.81. The molecule has 160 valence electrons. The van der Waals surface area contributed by atoms with Gasteiger partial charge in [-0.3, -0.25) is 14.5 Å². The number of rotatable bonds is 8. The van der Waals surface area contributed by atoms with Gasteiger partial charge in [-0.05, 0) is 36.4 Å².